The summed E-state index contributed by atoms with van der Waals surface area (Å²) < 4.78 is 8.18. The molecule has 1 saturated carbocycles. The van der Waals surface area contributed by atoms with Crippen LogP contribution in [0.2, 0.25) is 0 Å². The number of benzene rings is 1. The summed E-state index contributed by atoms with van der Waals surface area (Å²) in [6.45, 7) is 5.29. The maximum absolute atomic E-state index is 6.05. The number of nitrogens with zero attached hydrogens (tertiary/aromatic N) is 4. The first-order valence-electron chi connectivity index (χ1n) is 11.4. The Labute approximate surface area is 178 Å². The second kappa shape index (κ2) is 8.34. The van der Waals surface area contributed by atoms with Crippen LogP contribution in [0.5, 0.6) is 0 Å². The Balaban J connectivity index is 1.50. The van der Waals surface area contributed by atoms with Crippen LogP contribution in [-0.2, 0) is 4.74 Å². The number of nitrogens with one attached hydrogen (secondary N) is 1. The summed E-state index contributed by atoms with van der Waals surface area (Å²) in [7, 11) is 0. The molecule has 1 unspecified atom stereocenters. The molecule has 158 valence electrons. The lowest BCUT2D eigenvalue weighted by molar-refractivity contribution is -0.0410. The molecule has 3 heterocycles. The van der Waals surface area contributed by atoms with Gasteiger partial charge in [-0.15, -0.1) is 0 Å². The number of hydrogen-bond acceptors (Lipinski definition) is 5. The van der Waals surface area contributed by atoms with Crippen LogP contribution in [0, 0.1) is 0 Å². The smallest absolute Gasteiger partial charge is 0.223 e. The fraction of sp³-hybridized carbons (Fsp3) is 0.542. The van der Waals surface area contributed by atoms with Crippen molar-refractivity contribution in [3.63, 3.8) is 0 Å². The van der Waals surface area contributed by atoms with Gasteiger partial charge in [0.1, 0.15) is 0 Å². The van der Waals surface area contributed by atoms with Gasteiger partial charge >= 0.3 is 0 Å². The summed E-state index contributed by atoms with van der Waals surface area (Å²) >= 11 is 0. The van der Waals surface area contributed by atoms with Gasteiger partial charge in [-0.2, -0.15) is 5.10 Å². The molecule has 0 amide bonds. The van der Waals surface area contributed by atoms with E-state index in [-0.39, 0.29) is 6.23 Å². The summed E-state index contributed by atoms with van der Waals surface area (Å²) in [5.74, 6) is 1.09. The summed E-state index contributed by atoms with van der Waals surface area (Å²) in [6.07, 6.45) is 10.3. The monoisotopic (exact) mass is 405 g/mol. The van der Waals surface area contributed by atoms with Gasteiger partial charge in [-0.25, -0.2) is 14.6 Å². The standard InChI is InChI=1S/C24H31N5O/c1-16(2)23-19-15-17(10-11-21(19)28-29(23)22-9-5-6-14-30-22)20-12-13-25-24(27-20)26-18-7-3-4-8-18/h10-13,15-16,18,22H,3-9,14H2,1-2H3,(H,25,26,27). The van der Waals surface area contributed by atoms with Crippen LogP contribution in [0.25, 0.3) is 22.2 Å². The molecule has 1 aliphatic heterocycles. The van der Waals surface area contributed by atoms with E-state index in [1.54, 1.807) is 0 Å². The lowest BCUT2D eigenvalue weighted by Gasteiger charge is -2.25. The predicted octanol–water partition coefficient (Wildman–Crippen LogP) is 5.67. The molecule has 0 radical (unpaired) electrons. The normalized spacial score (nSPS) is 20.3. The number of hydrogen-bond donors (Lipinski definition) is 1. The molecule has 1 atom stereocenters. The van der Waals surface area contributed by atoms with Crippen LogP contribution >= 0.6 is 0 Å². The van der Waals surface area contributed by atoms with E-state index < -0.39 is 0 Å². The van der Waals surface area contributed by atoms with Gasteiger partial charge in [0, 0.05) is 29.8 Å². The maximum atomic E-state index is 6.05. The molecule has 6 nitrogen and oxygen atoms in total. The van der Waals surface area contributed by atoms with Crippen molar-refractivity contribution in [1.29, 1.82) is 0 Å². The zero-order chi connectivity index (χ0) is 20.5. The van der Waals surface area contributed by atoms with Crippen molar-refractivity contribution in [2.45, 2.75) is 77.0 Å². The molecule has 3 aromatic rings. The van der Waals surface area contributed by atoms with Gasteiger partial charge in [0.25, 0.3) is 0 Å². The van der Waals surface area contributed by atoms with Crippen molar-refractivity contribution >= 4 is 16.9 Å². The van der Waals surface area contributed by atoms with Gasteiger partial charge in [0.05, 0.1) is 16.9 Å². The molecule has 0 bridgehead atoms. The number of anilines is 1. The zero-order valence-corrected chi connectivity index (χ0v) is 18.0. The van der Waals surface area contributed by atoms with Crippen LogP contribution in [0.3, 0.4) is 0 Å². The van der Waals surface area contributed by atoms with E-state index in [9.17, 15) is 0 Å². The van der Waals surface area contributed by atoms with E-state index in [2.05, 4.69) is 47.0 Å². The van der Waals surface area contributed by atoms with E-state index in [1.807, 2.05) is 12.3 Å². The highest BCUT2D eigenvalue weighted by Crippen LogP contribution is 2.34. The van der Waals surface area contributed by atoms with Crippen molar-refractivity contribution in [2.75, 3.05) is 11.9 Å². The topological polar surface area (TPSA) is 64.9 Å². The number of aromatic nitrogens is 4. The lowest BCUT2D eigenvalue weighted by Crippen LogP contribution is -2.21. The van der Waals surface area contributed by atoms with Crippen molar-refractivity contribution < 1.29 is 4.74 Å². The highest BCUT2D eigenvalue weighted by Gasteiger charge is 2.24. The minimum absolute atomic E-state index is 0.0493. The van der Waals surface area contributed by atoms with Gasteiger partial charge < -0.3 is 10.1 Å². The SMILES string of the molecule is CC(C)c1c2cc(-c3ccnc(NC4CCCC4)n3)ccc2nn1C1CCCCO1. The third-order valence-electron chi connectivity index (χ3n) is 6.35. The molecule has 6 heteroatoms. The second-order valence-corrected chi connectivity index (χ2v) is 8.93. The highest BCUT2D eigenvalue weighted by molar-refractivity contribution is 5.86. The fourth-order valence-electron chi connectivity index (χ4n) is 4.83. The molecule has 2 aromatic heterocycles. The highest BCUT2D eigenvalue weighted by atomic mass is 16.5. The van der Waals surface area contributed by atoms with Gasteiger partial charge in [-0.05, 0) is 56.2 Å². The Kier molecular flexibility index (Phi) is 5.42. The first-order valence-corrected chi connectivity index (χ1v) is 11.4. The third kappa shape index (κ3) is 3.81. The minimum Gasteiger partial charge on any atom is -0.357 e. The largest absolute Gasteiger partial charge is 0.357 e. The molecular formula is C24H31N5O. The number of fused-ring (bicyclic) bond motifs is 1. The molecule has 2 fully saturated rings. The Morgan fingerprint density at radius 1 is 1.07 bits per heavy atom. The molecule has 1 N–H and O–H groups in total. The molecule has 5 rings (SSSR count). The maximum Gasteiger partial charge on any atom is 0.223 e. The first-order chi connectivity index (χ1) is 14.7. The summed E-state index contributed by atoms with van der Waals surface area (Å²) in [5.41, 5.74) is 4.32. The first kappa shape index (κ1) is 19.5. The predicted molar refractivity (Wildman–Crippen MR) is 120 cm³/mol. The molecule has 30 heavy (non-hydrogen) atoms. The number of ether oxygens (including phenoxy) is 1. The zero-order valence-electron chi connectivity index (χ0n) is 18.0. The van der Waals surface area contributed by atoms with Crippen LogP contribution in [0.1, 0.15) is 76.6 Å². The van der Waals surface area contributed by atoms with Crippen molar-refractivity contribution in [3.8, 4) is 11.3 Å². The fourth-order valence-corrected chi connectivity index (χ4v) is 4.83. The van der Waals surface area contributed by atoms with E-state index in [0.29, 0.717) is 12.0 Å². The summed E-state index contributed by atoms with van der Waals surface area (Å²) in [4.78, 5) is 9.26. The second-order valence-electron chi connectivity index (χ2n) is 8.93. The van der Waals surface area contributed by atoms with E-state index in [0.717, 1.165) is 42.2 Å². The summed E-state index contributed by atoms with van der Waals surface area (Å²) in [5, 5.41) is 9.63. The Morgan fingerprint density at radius 2 is 1.90 bits per heavy atom. The van der Waals surface area contributed by atoms with Gasteiger partial charge in [-0.3, -0.25) is 0 Å². The molecule has 1 saturated heterocycles. The quantitative estimate of drug-likeness (QED) is 0.592. The van der Waals surface area contributed by atoms with E-state index in [1.165, 1.54) is 43.2 Å². The van der Waals surface area contributed by atoms with Crippen LogP contribution in [0.4, 0.5) is 5.95 Å². The molecule has 0 spiro atoms. The molecule has 1 aromatic carbocycles. The van der Waals surface area contributed by atoms with E-state index >= 15 is 0 Å². The molecular weight excluding hydrogens is 374 g/mol. The number of rotatable bonds is 5. The van der Waals surface area contributed by atoms with Gasteiger partial charge in [-0.1, -0.05) is 32.8 Å². The van der Waals surface area contributed by atoms with Crippen LogP contribution in [0.15, 0.2) is 30.5 Å². The Bertz CT molecular complexity index is 1020. The molecule has 2 aliphatic rings. The summed E-state index contributed by atoms with van der Waals surface area (Å²) in [6, 6.07) is 8.96. The average molecular weight is 406 g/mol. The van der Waals surface area contributed by atoms with Crippen molar-refractivity contribution in [3.05, 3.63) is 36.2 Å². The Morgan fingerprint density at radius 3 is 2.67 bits per heavy atom. The third-order valence-corrected chi connectivity index (χ3v) is 6.35. The van der Waals surface area contributed by atoms with Crippen molar-refractivity contribution in [2.24, 2.45) is 0 Å². The van der Waals surface area contributed by atoms with Gasteiger partial charge in [0.2, 0.25) is 5.95 Å². The minimum atomic E-state index is 0.0493. The lowest BCUT2D eigenvalue weighted by atomic mass is 10.0. The van der Waals surface area contributed by atoms with Crippen LogP contribution in [-0.4, -0.2) is 32.4 Å². The molecule has 1 aliphatic carbocycles. The van der Waals surface area contributed by atoms with Crippen molar-refractivity contribution in [1.82, 2.24) is 19.7 Å². The van der Waals surface area contributed by atoms with Crippen LogP contribution < -0.4 is 5.32 Å². The average Bonchev–Trinajstić information content (AvgIpc) is 3.41. The Hall–Kier alpha value is -2.47. The van der Waals surface area contributed by atoms with Gasteiger partial charge in [0.15, 0.2) is 6.23 Å². The van der Waals surface area contributed by atoms with E-state index in [4.69, 9.17) is 14.8 Å².